The van der Waals surface area contributed by atoms with Crippen LogP contribution in [0.15, 0.2) is 48.7 Å². The van der Waals surface area contributed by atoms with E-state index in [9.17, 15) is 4.79 Å². The zero-order chi connectivity index (χ0) is 15.8. The lowest BCUT2D eigenvalue weighted by Crippen LogP contribution is -2.32. The lowest BCUT2D eigenvalue weighted by Gasteiger charge is -2.17. The molecule has 0 saturated carbocycles. The van der Waals surface area contributed by atoms with E-state index in [1.165, 1.54) is 0 Å². The number of benzene rings is 1. The van der Waals surface area contributed by atoms with E-state index in [4.69, 9.17) is 5.73 Å². The topological polar surface area (TPSA) is 85.8 Å². The van der Waals surface area contributed by atoms with Crippen LogP contribution in [0.25, 0.3) is 17.1 Å². The number of nitrogens with zero attached hydrogens (tertiary/aromatic N) is 3. The van der Waals surface area contributed by atoms with Crippen molar-refractivity contribution in [2.45, 2.75) is 6.42 Å². The average molecular weight is 305 g/mol. The molecular formula is C17H15N5O. The smallest absolute Gasteiger partial charge is 0.253 e. The Bertz CT molecular complexity index is 885. The Morgan fingerprint density at radius 1 is 1.17 bits per heavy atom. The molecule has 23 heavy (non-hydrogen) atoms. The van der Waals surface area contributed by atoms with Gasteiger partial charge < -0.3 is 15.6 Å². The lowest BCUT2D eigenvalue weighted by atomic mass is 10.1. The summed E-state index contributed by atoms with van der Waals surface area (Å²) in [6.07, 6.45) is 2.40. The number of aromatic nitrogens is 3. The van der Waals surface area contributed by atoms with Gasteiger partial charge in [0.25, 0.3) is 5.91 Å². The number of anilines is 1. The number of fused-ring (bicyclic) bond motifs is 1. The molecule has 3 aromatic rings. The summed E-state index contributed by atoms with van der Waals surface area (Å²) in [6, 6.07) is 13.6. The van der Waals surface area contributed by atoms with Gasteiger partial charge in [-0.1, -0.05) is 18.2 Å². The third-order valence-electron chi connectivity index (χ3n) is 3.95. The molecule has 0 bridgehead atoms. The largest absolute Gasteiger partial charge is 0.368 e. The Morgan fingerprint density at radius 3 is 2.78 bits per heavy atom. The number of hydrogen-bond donors (Lipinski definition) is 2. The Hall–Kier alpha value is -3.15. The van der Waals surface area contributed by atoms with Crippen molar-refractivity contribution < 1.29 is 4.79 Å². The second-order valence-corrected chi connectivity index (χ2v) is 5.37. The number of nitrogens with two attached hydrogens (primary N) is 1. The van der Waals surface area contributed by atoms with Gasteiger partial charge in [0.05, 0.1) is 17.0 Å². The van der Waals surface area contributed by atoms with Crippen molar-refractivity contribution in [1.29, 1.82) is 0 Å². The van der Waals surface area contributed by atoms with Crippen molar-refractivity contribution in [3.63, 3.8) is 0 Å². The molecule has 0 aliphatic carbocycles. The normalized spacial score (nSPS) is 13.5. The first-order valence-electron chi connectivity index (χ1n) is 7.41. The van der Waals surface area contributed by atoms with Crippen LogP contribution in [0.1, 0.15) is 16.1 Å². The highest BCUT2D eigenvalue weighted by atomic mass is 16.1. The van der Waals surface area contributed by atoms with Crippen LogP contribution in [0.2, 0.25) is 0 Å². The number of carbonyl (C=O) groups excluding carboxylic acids is 1. The minimum atomic E-state index is -0.0517. The molecule has 4 rings (SSSR count). The molecule has 3 heterocycles. The number of carbonyl (C=O) groups is 1. The van der Waals surface area contributed by atoms with Crippen LogP contribution in [0.4, 0.5) is 5.95 Å². The van der Waals surface area contributed by atoms with Crippen LogP contribution < -0.4 is 11.1 Å². The van der Waals surface area contributed by atoms with Gasteiger partial charge in [0.15, 0.2) is 0 Å². The molecule has 0 unspecified atom stereocenters. The fraction of sp³-hybridized carbons (Fsp3) is 0.118. The molecule has 2 aromatic heterocycles. The van der Waals surface area contributed by atoms with Crippen LogP contribution in [0.3, 0.4) is 0 Å². The molecule has 1 amide bonds. The summed E-state index contributed by atoms with van der Waals surface area (Å²) in [6.45, 7) is 0.633. The average Bonchev–Trinajstić information content (AvgIpc) is 2.97. The Labute approximate surface area is 133 Å². The first kappa shape index (κ1) is 13.5. The summed E-state index contributed by atoms with van der Waals surface area (Å²) in [5.74, 6) is 0.162. The molecule has 0 spiro atoms. The van der Waals surface area contributed by atoms with Gasteiger partial charge in [-0.2, -0.15) is 0 Å². The highest BCUT2D eigenvalue weighted by molar-refractivity contribution is 5.98. The highest BCUT2D eigenvalue weighted by Gasteiger charge is 2.25. The summed E-state index contributed by atoms with van der Waals surface area (Å²) in [5.41, 5.74) is 9.94. The maximum absolute atomic E-state index is 12.2. The first-order chi connectivity index (χ1) is 11.2. The summed E-state index contributed by atoms with van der Waals surface area (Å²) in [5, 5.41) is 2.88. The van der Waals surface area contributed by atoms with Gasteiger partial charge >= 0.3 is 0 Å². The number of rotatable bonds is 2. The quantitative estimate of drug-likeness (QED) is 0.756. The second kappa shape index (κ2) is 5.24. The Kier molecular flexibility index (Phi) is 3.08. The molecule has 0 radical (unpaired) electrons. The Morgan fingerprint density at radius 2 is 2.00 bits per heavy atom. The van der Waals surface area contributed by atoms with Gasteiger partial charge in [0.1, 0.15) is 0 Å². The summed E-state index contributed by atoms with van der Waals surface area (Å²) >= 11 is 0. The van der Waals surface area contributed by atoms with Crippen LogP contribution in [0, 0.1) is 0 Å². The standard InChI is InChI=1S/C17H15N5O/c18-17-20-8-6-13(21-17)15-10-12-14(7-9-19-16(12)23)22(15)11-4-2-1-3-5-11/h1-6,8,10H,7,9H2,(H,19,23)(H2,18,20,21). The van der Waals surface area contributed by atoms with E-state index < -0.39 is 0 Å². The molecule has 0 saturated heterocycles. The van der Waals surface area contributed by atoms with E-state index in [0.717, 1.165) is 23.5 Å². The van der Waals surface area contributed by atoms with Crippen molar-refractivity contribution in [3.05, 3.63) is 59.9 Å². The van der Waals surface area contributed by atoms with Crippen molar-refractivity contribution in [2.75, 3.05) is 12.3 Å². The van der Waals surface area contributed by atoms with Crippen LogP contribution in [-0.2, 0) is 6.42 Å². The van der Waals surface area contributed by atoms with Gasteiger partial charge in [-0.05, 0) is 24.3 Å². The maximum atomic E-state index is 12.2. The number of para-hydroxylation sites is 1. The molecule has 6 nitrogen and oxygen atoms in total. The summed E-state index contributed by atoms with van der Waals surface area (Å²) in [7, 11) is 0. The fourth-order valence-corrected chi connectivity index (χ4v) is 2.96. The van der Waals surface area contributed by atoms with Gasteiger partial charge in [0, 0.05) is 30.5 Å². The third-order valence-corrected chi connectivity index (χ3v) is 3.95. The van der Waals surface area contributed by atoms with Gasteiger partial charge in [-0.3, -0.25) is 4.79 Å². The number of amides is 1. The number of hydrogen-bond acceptors (Lipinski definition) is 4. The molecule has 6 heteroatoms. The van der Waals surface area contributed by atoms with E-state index >= 15 is 0 Å². The molecule has 1 aliphatic rings. The second-order valence-electron chi connectivity index (χ2n) is 5.37. The minimum Gasteiger partial charge on any atom is -0.368 e. The summed E-state index contributed by atoms with van der Waals surface area (Å²) in [4.78, 5) is 20.5. The number of nitrogens with one attached hydrogen (secondary N) is 1. The molecule has 3 N–H and O–H groups in total. The molecule has 0 atom stereocenters. The zero-order valence-corrected chi connectivity index (χ0v) is 12.4. The molecule has 114 valence electrons. The fourth-order valence-electron chi connectivity index (χ4n) is 2.96. The van der Waals surface area contributed by atoms with Crippen LogP contribution >= 0.6 is 0 Å². The predicted molar refractivity (Wildman–Crippen MR) is 87.2 cm³/mol. The van der Waals surface area contributed by atoms with Crippen molar-refractivity contribution >= 4 is 11.9 Å². The first-order valence-corrected chi connectivity index (χ1v) is 7.41. The zero-order valence-electron chi connectivity index (χ0n) is 12.4. The van der Waals surface area contributed by atoms with E-state index in [1.54, 1.807) is 12.3 Å². The minimum absolute atomic E-state index is 0.0517. The molecule has 1 aromatic carbocycles. The van der Waals surface area contributed by atoms with Crippen molar-refractivity contribution in [3.8, 4) is 17.1 Å². The van der Waals surface area contributed by atoms with E-state index in [-0.39, 0.29) is 11.9 Å². The summed E-state index contributed by atoms with van der Waals surface area (Å²) < 4.78 is 2.08. The monoisotopic (exact) mass is 305 g/mol. The maximum Gasteiger partial charge on any atom is 0.253 e. The molecule has 0 fully saturated rings. The van der Waals surface area contributed by atoms with E-state index in [0.29, 0.717) is 17.8 Å². The molecular weight excluding hydrogens is 290 g/mol. The van der Waals surface area contributed by atoms with Gasteiger partial charge in [-0.25, -0.2) is 9.97 Å². The highest BCUT2D eigenvalue weighted by Crippen LogP contribution is 2.30. The Balaban J connectivity index is 2.00. The van der Waals surface area contributed by atoms with Crippen LogP contribution in [-0.4, -0.2) is 27.0 Å². The van der Waals surface area contributed by atoms with Gasteiger partial charge in [0.2, 0.25) is 5.95 Å². The third kappa shape index (κ3) is 2.24. The number of nitrogen functional groups attached to an aromatic ring is 1. The lowest BCUT2D eigenvalue weighted by molar-refractivity contribution is 0.0945. The predicted octanol–water partition coefficient (Wildman–Crippen LogP) is 1.80. The van der Waals surface area contributed by atoms with E-state index in [1.807, 2.05) is 36.4 Å². The molecule has 1 aliphatic heterocycles. The van der Waals surface area contributed by atoms with Crippen LogP contribution in [0.5, 0.6) is 0 Å². The van der Waals surface area contributed by atoms with E-state index in [2.05, 4.69) is 19.9 Å². The van der Waals surface area contributed by atoms with Crippen molar-refractivity contribution in [1.82, 2.24) is 19.9 Å². The SMILES string of the molecule is Nc1nccc(-c2cc3c(n2-c2ccccc2)CCNC3=O)n1. The van der Waals surface area contributed by atoms with Gasteiger partial charge in [-0.15, -0.1) is 0 Å². The van der Waals surface area contributed by atoms with Crippen molar-refractivity contribution in [2.24, 2.45) is 0 Å².